The van der Waals surface area contributed by atoms with Crippen LogP contribution in [0.15, 0.2) is 0 Å². The number of hydrogen-bond donors (Lipinski definition) is 3. The lowest BCUT2D eigenvalue weighted by molar-refractivity contribution is 0.0961. The molecule has 2 unspecified atom stereocenters. The summed E-state index contributed by atoms with van der Waals surface area (Å²) >= 11 is 0. The third-order valence-corrected chi connectivity index (χ3v) is 2.16. The van der Waals surface area contributed by atoms with Crippen molar-refractivity contribution < 1.29 is 15.3 Å². The first kappa shape index (κ1) is 10.9. The second-order valence-electron chi connectivity index (χ2n) is 2.81. The quantitative estimate of drug-likeness (QED) is 0.515. The number of aliphatic hydroxyl groups is 3. The Morgan fingerprint density at radius 3 is 1.82 bits per heavy atom. The van der Waals surface area contributed by atoms with E-state index in [1.165, 1.54) is 0 Å². The van der Waals surface area contributed by atoms with Crippen molar-refractivity contribution in [2.75, 3.05) is 19.8 Å². The summed E-state index contributed by atoms with van der Waals surface area (Å²) in [5, 5.41) is 26.3. The Kier molecular flexibility index (Phi) is 6.51. The summed E-state index contributed by atoms with van der Waals surface area (Å²) in [6.45, 7) is 2.21. The zero-order valence-electron chi connectivity index (χ0n) is 7.03. The monoisotopic (exact) mass is 162 g/mol. The zero-order valence-corrected chi connectivity index (χ0v) is 7.03. The highest BCUT2D eigenvalue weighted by Gasteiger charge is 2.17. The molecule has 0 saturated carbocycles. The van der Waals surface area contributed by atoms with Crippen LogP contribution in [0.2, 0.25) is 0 Å². The average molecular weight is 162 g/mol. The van der Waals surface area contributed by atoms with E-state index in [1.54, 1.807) is 0 Å². The second kappa shape index (κ2) is 6.58. The van der Waals surface area contributed by atoms with Crippen molar-refractivity contribution in [3.63, 3.8) is 0 Å². The normalized spacial score (nSPS) is 16.4. The van der Waals surface area contributed by atoms with Crippen LogP contribution in [0.4, 0.5) is 0 Å². The summed E-state index contributed by atoms with van der Waals surface area (Å²) in [6, 6.07) is 0. The predicted molar refractivity (Wildman–Crippen MR) is 43.1 cm³/mol. The summed E-state index contributed by atoms with van der Waals surface area (Å²) in [7, 11) is 0. The highest BCUT2D eigenvalue weighted by molar-refractivity contribution is 4.66. The van der Waals surface area contributed by atoms with Gasteiger partial charge in [-0.2, -0.15) is 0 Å². The van der Waals surface area contributed by atoms with Crippen LogP contribution in [0, 0.1) is 11.8 Å². The molecular formula is C8H18O3. The van der Waals surface area contributed by atoms with E-state index < -0.39 is 0 Å². The van der Waals surface area contributed by atoms with E-state index in [9.17, 15) is 0 Å². The van der Waals surface area contributed by atoms with E-state index in [0.29, 0.717) is 6.42 Å². The maximum atomic E-state index is 8.87. The molecule has 0 aromatic carbocycles. The molecule has 3 heteroatoms. The Hall–Kier alpha value is -0.120. The molecule has 0 bridgehead atoms. The molecule has 0 rings (SSSR count). The van der Waals surface area contributed by atoms with Crippen molar-refractivity contribution in [1.29, 1.82) is 0 Å². The molecule has 0 aromatic rings. The van der Waals surface area contributed by atoms with Gasteiger partial charge in [-0.05, 0) is 18.3 Å². The van der Waals surface area contributed by atoms with Crippen LogP contribution in [0.5, 0.6) is 0 Å². The molecular weight excluding hydrogens is 144 g/mol. The third kappa shape index (κ3) is 3.70. The lowest BCUT2D eigenvalue weighted by atomic mass is 9.89. The van der Waals surface area contributed by atoms with Crippen LogP contribution in [-0.4, -0.2) is 35.1 Å². The molecule has 68 valence electrons. The molecule has 0 aliphatic heterocycles. The fourth-order valence-corrected chi connectivity index (χ4v) is 1.25. The maximum absolute atomic E-state index is 8.87. The van der Waals surface area contributed by atoms with E-state index in [0.717, 1.165) is 6.42 Å². The van der Waals surface area contributed by atoms with E-state index in [1.807, 2.05) is 6.92 Å². The Morgan fingerprint density at radius 1 is 1.00 bits per heavy atom. The van der Waals surface area contributed by atoms with E-state index >= 15 is 0 Å². The Labute approximate surface area is 67.7 Å². The first-order valence-electron chi connectivity index (χ1n) is 4.12. The lowest BCUT2D eigenvalue weighted by Crippen LogP contribution is -2.22. The fraction of sp³-hybridized carbons (Fsp3) is 1.00. The smallest absolute Gasteiger partial charge is 0.0463 e. The summed E-state index contributed by atoms with van der Waals surface area (Å²) in [5.41, 5.74) is 0. The Bertz CT molecular complexity index is 81.4. The van der Waals surface area contributed by atoms with Gasteiger partial charge in [0.25, 0.3) is 0 Å². The van der Waals surface area contributed by atoms with Gasteiger partial charge in [0.15, 0.2) is 0 Å². The van der Waals surface area contributed by atoms with Crippen LogP contribution in [0.1, 0.15) is 19.8 Å². The Morgan fingerprint density at radius 2 is 1.55 bits per heavy atom. The molecule has 0 aliphatic carbocycles. The number of rotatable bonds is 6. The van der Waals surface area contributed by atoms with Gasteiger partial charge in [0.05, 0.1) is 0 Å². The van der Waals surface area contributed by atoms with Gasteiger partial charge < -0.3 is 15.3 Å². The molecule has 2 atom stereocenters. The minimum absolute atomic E-state index is 0.0509. The van der Waals surface area contributed by atoms with Crippen molar-refractivity contribution in [2.45, 2.75) is 19.8 Å². The highest BCUT2D eigenvalue weighted by Crippen LogP contribution is 2.17. The van der Waals surface area contributed by atoms with Crippen LogP contribution in [-0.2, 0) is 0 Å². The largest absolute Gasteiger partial charge is 0.396 e. The number of aliphatic hydroxyl groups excluding tert-OH is 3. The van der Waals surface area contributed by atoms with Crippen LogP contribution < -0.4 is 0 Å². The molecule has 0 amide bonds. The van der Waals surface area contributed by atoms with E-state index in [4.69, 9.17) is 15.3 Å². The van der Waals surface area contributed by atoms with Crippen molar-refractivity contribution in [3.8, 4) is 0 Å². The fourth-order valence-electron chi connectivity index (χ4n) is 1.25. The van der Waals surface area contributed by atoms with Gasteiger partial charge in [-0.1, -0.05) is 13.3 Å². The maximum Gasteiger partial charge on any atom is 0.0463 e. The van der Waals surface area contributed by atoms with Crippen LogP contribution >= 0.6 is 0 Å². The van der Waals surface area contributed by atoms with Crippen LogP contribution in [0.25, 0.3) is 0 Å². The molecule has 0 radical (unpaired) electrons. The van der Waals surface area contributed by atoms with Crippen molar-refractivity contribution in [3.05, 3.63) is 0 Å². The van der Waals surface area contributed by atoms with Gasteiger partial charge in [0.1, 0.15) is 0 Å². The first-order valence-corrected chi connectivity index (χ1v) is 4.12. The van der Waals surface area contributed by atoms with Crippen LogP contribution in [0.3, 0.4) is 0 Å². The highest BCUT2D eigenvalue weighted by atomic mass is 16.3. The molecule has 0 spiro atoms. The summed E-state index contributed by atoms with van der Waals surface area (Å²) in [5.74, 6) is 0.183. The van der Waals surface area contributed by atoms with E-state index in [-0.39, 0.29) is 31.7 Å². The standard InChI is InChI=1S/C8H18O3/c1-2-7(5-10)8(6-11)3-4-9/h7-11H,2-6H2,1H3. The van der Waals surface area contributed by atoms with Gasteiger partial charge >= 0.3 is 0 Å². The molecule has 0 saturated heterocycles. The second-order valence-corrected chi connectivity index (χ2v) is 2.81. The Balaban J connectivity index is 3.76. The molecule has 0 fully saturated rings. The molecule has 3 N–H and O–H groups in total. The van der Waals surface area contributed by atoms with Gasteiger partial charge in [0.2, 0.25) is 0 Å². The molecule has 0 heterocycles. The number of hydrogen-bond acceptors (Lipinski definition) is 3. The van der Waals surface area contributed by atoms with Gasteiger partial charge in [-0.3, -0.25) is 0 Å². The van der Waals surface area contributed by atoms with E-state index in [2.05, 4.69) is 0 Å². The molecule has 0 aliphatic rings. The zero-order chi connectivity index (χ0) is 8.69. The van der Waals surface area contributed by atoms with Gasteiger partial charge in [-0.15, -0.1) is 0 Å². The van der Waals surface area contributed by atoms with Gasteiger partial charge in [-0.25, -0.2) is 0 Å². The van der Waals surface area contributed by atoms with Crippen molar-refractivity contribution >= 4 is 0 Å². The molecule has 0 aromatic heterocycles. The molecule has 3 nitrogen and oxygen atoms in total. The first-order chi connectivity index (χ1) is 5.29. The summed E-state index contributed by atoms with van der Waals surface area (Å²) < 4.78 is 0. The topological polar surface area (TPSA) is 60.7 Å². The minimum Gasteiger partial charge on any atom is -0.396 e. The SMILES string of the molecule is CCC(CO)C(CO)CCO. The molecule has 11 heavy (non-hydrogen) atoms. The third-order valence-electron chi connectivity index (χ3n) is 2.16. The van der Waals surface area contributed by atoms with Crippen molar-refractivity contribution in [2.24, 2.45) is 11.8 Å². The minimum atomic E-state index is 0.0509. The predicted octanol–water partition coefficient (Wildman–Crippen LogP) is -0.00420. The summed E-state index contributed by atoms with van der Waals surface area (Å²) in [4.78, 5) is 0. The summed E-state index contributed by atoms with van der Waals surface area (Å²) in [6.07, 6.45) is 1.43. The van der Waals surface area contributed by atoms with Gasteiger partial charge in [0, 0.05) is 19.8 Å². The average Bonchev–Trinajstić information content (AvgIpc) is 2.05. The van der Waals surface area contributed by atoms with Crippen molar-refractivity contribution in [1.82, 2.24) is 0 Å². The lowest BCUT2D eigenvalue weighted by Gasteiger charge is -2.21.